The van der Waals surface area contributed by atoms with Gasteiger partial charge < -0.3 is 14.2 Å². The van der Waals surface area contributed by atoms with Crippen LogP contribution in [0.3, 0.4) is 0 Å². The fourth-order valence-electron chi connectivity index (χ4n) is 2.78. The number of ether oxygens (including phenoxy) is 3. The first-order valence-corrected chi connectivity index (χ1v) is 9.31. The van der Waals surface area contributed by atoms with Crippen molar-refractivity contribution in [1.82, 2.24) is 4.98 Å². The quantitative estimate of drug-likeness (QED) is 0.506. The maximum absolute atomic E-state index is 11.7. The summed E-state index contributed by atoms with van der Waals surface area (Å²) in [5.41, 5.74) is 2.22. The van der Waals surface area contributed by atoms with Crippen molar-refractivity contribution < 1.29 is 14.2 Å². The van der Waals surface area contributed by atoms with Crippen LogP contribution in [0.5, 0.6) is 17.2 Å². The highest BCUT2D eigenvalue weighted by Gasteiger charge is 2.23. The Morgan fingerprint density at radius 3 is 2.48 bits per heavy atom. The molecule has 0 saturated heterocycles. The fraction of sp³-hybridized carbons (Fsp3) is 0.250. The second kappa shape index (κ2) is 8.64. The lowest BCUT2D eigenvalue weighted by Gasteiger charge is -2.16. The molecule has 7 heteroatoms. The molecule has 1 aromatic heterocycles. The van der Waals surface area contributed by atoms with E-state index in [-0.39, 0.29) is 0 Å². The van der Waals surface area contributed by atoms with E-state index in [1.807, 2.05) is 42.6 Å². The van der Waals surface area contributed by atoms with Crippen molar-refractivity contribution in [3.8, 4) is 27.8 Å². The lowest BCUT2D eigenvalue weighted by atomic mass is 10.0. The van der Waals surface area contributed by atoms with Gasteiger partial charge in [0.2, 0.25) is 5.75 Å². The fourth-order valence-corrected chi connectivity index (χ4v) is 3.63. The van der Waals surface area contributed by atoms with E-state index in [9.17, 15) is 4.91 Å². The normalized spacial score (nSPS) is 11.7. The third-order valence-electron chi connectivity index (χ3n) is 4.01. The average molecular weight is 384 g/mol. The Labute approximate surface area is 161 Å². The number of rotatable bonds is 8. The average Bonchev–Trinajstić information content (AvgIpc) is 3.19. The van der Waals surface area contributed by atoms with Gasteiger partial charge in [-0.3, -0.25) is 0 Å². The third-order valence-corrected chi connectivity index (χ3v) is 4.92. The monoisotopic (exact) mass is 384 g/mol. The second-order valence-corrected chi connectivity index (χ2v) is 6.50. The highest BCUT2D eigenvalue weighted by atomic mass is 32.1. The molecule has 3 rings (SSSR count). The molecule has 0 N–H and O–H groups in total. The van der Waals surface area contributed by atoms with E-state index in [0.29, 0.717) is 35.1 Å². The molecule has 0 aliphatic carbocycles. The van der Waals surface area contributed by atoms with Crippen molar-refractivity contribution in [1.29, 1.82) is 0 Å². The van der Waals surface area contributed by atoms with Crippen LogP contribution in [-0.4, -0.2) is 25.8 Å². The number of aromatic nitrogens is 1. The predicted octanol–water partition coefficient (Wildman–Crippen LogP) is 5.08. The van der Waals surface area contributed by atoms with Gasteiger partial charge in [0.25, 0.3) is 0 Å². The molecule has 27 heavy (non-hydrogen) atoms. The largest absolute Gasteiger partial charge is 0.493 e. The lowest BCUT2D eigenvalue weighted by molar-refractivity contribution is 0.296. The summed E-state index contributed by atoms with van der Waals surface area (Å²) in [6.45, 7) is 2.33. The Kier molecular flexibility index (Phi) is 6.03. The van der Waals surface area contributed by atoms with E-state index in [4.69, 9.17) is 14.2 Å². The lowest BCUT2D eigenvalue weighted by Crippen LogP contribution is -2.03. The van der Waals surface area contributed by atoms with Crippen molar-refractivity contribution in [3.05, 3.63) is 64.0 Å². The Morgan fingerprint density at radius 1 is 1.11 bits per heavy atom. The van der Waals surface area contributed by atoms with Gasteiger partial charge in [-0.2, -0.15) is 0 Å². The van der Waals surface area contributed by atoms with Gasteiger partial charge in [0.1, 0.15) is 5.01 Å². The van der Waals surface area contributed by atoms with Gasteiger partial charge in [-0.15, -0.1) is 16.2 Å². The van der Waals surface area contributed by atoms with Gasteiger partial charge >= 0.3 is 0 Å². The molecular weight excluding hydrogens is 364 g/mol. The third kappa shape index (κ3) is 3.93. The Morgan fingerprint density at radius 2 is 1.85 bits per heavy atom. The molecule has 1 heterocycles. The summed E-state index contributed by atoms with van der Waals surface area (Å²) in [6.07, 6.45) is 0. The summed E-state index contributed by atoms with van der Waals surface area (Å²) in [7, 11) is 3.08. The minimum absolute atomic E-state index is 0.455. The van der Waals surface area contributed by atoms with E-state index in [1.54, 1.807) is 19.2 Å². The van der Waals surface area contributed by atoms with Crippen LogP contribution < -0.4 is 14.2 Å². The molecule has 2 aromatic carbocycles. The van der Waals surface area contributed by atoms with Gasteiger partial charge in [0, 0.05) is 10.9 Å². The summed E-state index contributed by atoms with van der Waals surface area (Å²) in [4.78, 5) is 16.3. The molecule has 0 saturated carbocycles. The molecule has 0 amide bonds. The summed E-state index contributed by atoms with van der Waals surface area (Å²) in [5, 5.41) is 6.00. The van der Waals surface area contributed by atoms with Crippen molar-refractivity contribution in [3.63, 3.8) is 0 Å². The van der Waals surface area contributed by atoms with Crippen LogP contribution in [0.2, 0.25) is 0 Å². The topological polar surface area (TPSA) is 70.0 Å². The first kappa shape index (κ1) is 18.8. The highest BCUT2D eigenvalue weighted by Crippen LogP contribution is 2.42. The molecule has 0 aliphatic heterocycles. The van der Waals surface area contributed by atoms with Crippen LogP contribution in [0.4, 0.5) is 0 Å². The minimum Gasteiger partial charge on any atom is -0.493 e. The van der Waals surface area contributed by atoms with Crippen LogP contribution in [0.25, 0.3) is 10.6 Å². The molecule has 0 fully saturated rings. The molecule has 6 nitrogen and oxygen atoms in total. The zero-order chi connectivity index (χ0) is 19.2. The van der Waals surface area contributed by atoms with E-state index >= 15 is 0 Å². The number of methoxy groups -OCH3 is 2. The number of hydrogen-bond acceptors (Lipinski definition) is 7. The zero-order valence-corrected chi connectivity index (χ0v) is 16.2. The molecule has 0 bridgehead atoms. The zero-order valence-electron chi connectivity index (χ0n) is 15.3. The molecule has 0 spiro atoms. The summed E-state index contributed by atoms with van der Waals surface area (Å²) in [6, 6.07) is 12.5. The van der Waals surface area contributed by atoms with Gasteiger partial charge in [-0.1, -0.05) is 35.5 Å². The number of nitrogens with zero attached hydrogens (tertiary/aromatic N) is 2. The van der Waals surface area contributed by atoms with Crippen LogP contribution in [0, 0.1) is 4.91 Å². The highest BCUT2D eigenvalue weighted by molar-refractivity contribution is 7.13. The van der Waals surface area contributed by atoms with E-state index in [1.165, 1.54) is 18.4 Å². The minimum atomic E-state index is -0.766. The number of hydrogen-bond donors (Lipinski definition) is 0. The number of nitroso groups, excluding NO2 is 1. The number of benzene rings is 2. The van der Waals surface area contributed by atoms with Gasteiger partial charge in [-0.25, -0.2) is 4.98 Å². The van der Waals surface area contributed by atoms with Gasteiger partial charge in [-0.05, 0) is 24.6 Å². The number of thiazole rings is 1. The first-order valence-electron chi connectivity index (χ1n) is 8.43. The molecule has 1 unspecified atom stereocenters. The molecule has 0 aliphatic rings. The van der Waals surface area contributed by atoms with E-state index in [0.717, 1.165) is 10.6 Å². The van der Waals surface area contributed by atoms with Crippen molar-refractivity contribution in [2.45, 2.75) is 13.0 Å². The smallest absolute Gasteiger partial charge is 0.203 e. The van der Waals surface area contributed by atoms with Crippen molar-refractivity contribution in [2.24, 2.45) is 5.18 Å². The van der Waals surface area contributed by atoms with Gasteiger partial charge in [0.15, 0.2) is 17.5 Å². The Balaban J connectivity index is 2.02. The Bertz CT molecular complexity index is 912. The van der Waals surface area contributed by atoms with E-state index < -0.39 is 6.04 Å². The standard InChI is InChI=1S/C20H20N2O4S/c1-4-26-17-11-14(10-16(24-2)19(17)25-3)18(22-23)15-12-27-20(21-15)13-8-6-5-7-9-13/h5-12,18H,4H2,1-3H3. The second-order valence-electron chi connectivity index (χ2n) is 5.64. The van der Waals surface area contributed by atoms with Crippen LogP contribution in [-0.2, 0) is 0 Å². The van der Waals surface area contributed by atoms with Crippen LogP contribution >= 0.6 is 11.3 Å². The van der Waals surface area contributed by atoms with Crippen LogP contribution in [0.1, 0.15) is 24.2 Å². The van der Waals surface area contributed by atoms with Crippen molar-refractivity contribution in [2.75, 3.05) is 20.8 Å². The molecular formula is C20H20N2O4S. The summed E-state index contributed by atoms with van der Waals surface area (Å²) < 4.78 is 16.4. The SMILES string of the molecule is CCOc1cc(C(N=O)c2csc(-c3ccccc3)n2)cc(OC)c1OC. The molecule has 0 radical (unpaired) electrons. The maximum atomic E-state index is 11.7. The molecule has 140 valence electrons. The van der Waals surface area contributed by atoms with E-state index in [2.05, 4.69) is 10.2 Å². The predicted molar refractivity (Wildman–Crippen MR) is 106 cm³/mol. The molecule has 3 aromatic rings. The van der Waals surface area contributed by atoms with Gasteiger partial charge in [0.05, 0.1) is 26.5 Å². The first-order chi connectivity index (χ1) is 13.2. The van der Waals surface area contributed by atoms with Crippen LogP contribution in [0.15, 0.2) is 53.0 Å². The van der Waals surface area contributed by atoms with Crippen molar-refractivity contribution >= 4 is 11.3 Å². The Hall–Kier alpha value is -2.93. The summed E-state index contributed by atoms with van der Waals surface area (Å²) in [5.74, 6) is 1.46. The maximum Gasteiger partial charge on any atom is 0.203 e. The molecule has 1 atom stereocenters. The summed E-state index contributed by atoms with van der Waals surface area (Å²) >= 11 is 1.48.